The Morgan fingerprint density at radius 1 is 1.25 bits per heavy atom. The fourth-order valence-electron chi connectivity index (χ4n) is 2.18. The normalized spacial score (nSPS) is 11.8. The van der Waals surface area contributed by atoms with Crippen LogP contribution >= 0.6 is 0 Å². The number of rotatable bonds is 7. The highest BCUT2D eigenvalue weighted by atomic mass is 16.5. The van der Waals surface area contributed by atoms with Crippen LogP contribution in [0.5, 0.6) is 0 Å². The Balaban J connectivity index is 2.13. The van der Waals surface area contributed by atoms with Crippen LogP contribution in [-0.2, 0) is 11.2 Å². The molecule has 1 aromatic heterocycles. The van der Waals surface area contributed by atoms with Crippen LogP contribution in [0.4, 0.5) is 11.9 Å². The number of hydrogen-bond donors (Lipinski definition) is 2. The number of carbonyl (C=O) groups excluding carboxylic acids is 1. The molecule has 1 amide bonds. The predicted octanol–water partition coefficient (Wildman–Crippen LogP) is 0.507. The van der Waals surface area contributed by atoms with Gasteiger partial charge in [0, 0.05) is 21.2 Å². The maximum Gasteiger partial charge on any atom is 0.289 e. The van der Waals surface area contributed by atoms with Crippen molar-refractivity contribution < 1.29 is 9.53 Å². The van der Waals surface area contributed by atoms with Gasteiger partial charge in [0.25, 0.3) is 5.91 Å². The van der Waals surface area contributed by atoms with Gasteiger partial charge in [-0.3, -0.25) is 4.79 Å². The number of carbonyl (C=O) groups is 1. The zero-order valence-electron chi connectivity index (χ0n) is 14.1. The second-order valence-electron chi connectivity index (χ2n) is 5.53. The van der Waals surface area contributed by atoms with Gasteiger partial charge in [0.05, 0.1) is 12.6 Å². The smallest absolute Gasteiger partial charge is 0.289 e. The molecule has 0 radical (unpaired) electrons. The van der Waals surface area contributed by atoms with Gasteiger partial charge in [-0.1, -0.05) is 30.3 Å². The SMILES string of the molecule is COCC(Cc1ccccc1)NC(=O)c1nc(N)nc(N(C)C)n1. The van der Waals surface area contributed by atoms with Crippen molar-refractivity contribution in [1.82, 2.24) is 20.3 Å². The molecule has 0 fully saturated rings. The summed E-state index contributed by atoms with van der Waals surface area (Å²) < 4.78 is 5.20. The van der Waals surface area contributed by atoms with Gasteiger partial charge < -0.3 is 20.7 Å². The van der Waals surface area contributed by atoms with Crippen LogP contribution < -0.4 is 16.0 Å². The van der Waals surface area contributed by atoms with Crippen molar-refractivity contribution in [3.8, 4) is 0 Å². The van der Waals surface area contributed by atoms with E-state index in [1.54, 1.807) is 26.1 Å². The van der Waals surface area contributed by atoms with Crippen molar-refractivity contribution in [3.05, 3.63) is 41.7 Å². The lowest BCUT2D eigenvalue weighted by atomic mass is 10.1. The summed E-state index contributed by atoms with van der Waals surface area (Å²) in [6, 6.07) is 9.66. The van der Waals surface area contributed by atoms with Crippen molar-refractivity contribution >= 4 is 17.8 Å². The van der Waals surface area contributed by atoms with E-state index in [-0.39, 0.29) is 17.8 Å². The number of aromatic nitrogens is 3. The molecule has 0 saturated carbocycles. The van der Waals surface area contributed by atoms with Crippen LogP contribution in [0.15, 0.2) is 30.3 Å². The fraction of sp³-hybridized carbons (Fsp3) is 0.375. The highest BCUT2D eigenvalue weighted by Crippen LogP contribution is 2.07. The van der Waals surface area contributed by atoms with Crippen molar-refractivity contribution in [2.75, 3.05) is 38.4 Å². The third kappa shape index (κ3) is 4.88. The van der Waals surface area contributed by atoms with Crippen LogP contribution in [0.1, 0.15) is 16.2 Å². The van der Waals surface area contributed by atoms with Gasteiger partial charge in [-0.2, -0.15) is 15.0 Å². The first-order chi connectivity index (χ1) is 11.5. The molecule has 3 N–H and O–H groups in total. The van der Waals surface area contributed by atoms with Crippen LogP contribution in [-0.4, -0.2) is 54.7 Å². The molecular formula is C16H22N6O2. The van der Waals surface area contributed by atoms with Crippen LogP contribution in [0.3, 0.4) is 0 Å². The highest BCUT2D eigenvalue weighted by Gasteiger charge is 2.18. The van der Waals surface area contributed by atoms with E-state index < -0.39 is 5.91 Å². The first kappa shape index (κ1) is 17.6. The Bertz CT molecular complexity index is 678. The largest absolute Gasteiger partial charge is 0.383 e. The van der Waals surface area contributed by atoms with Crippen molar-refractivity contribution in [3.63, 3.8) is 0 Å². The molecule has 1 aromatic carbocycles. The number of benzene rings is 1. The van der Waals surface area contributed by atoms with Crippen molar-refractivity contribution in [1.29, 1.82) is 0 Å². The minimum absolute atomic E-state index is 0.00482. The second kappa shape index (κ2) is 8.21. The molecule has 2 rings (SSSR count). The molecule has 1 atom stereocenters. The Morgan fingerprint density at radius 3 is 2.58 bits per heavy atom. The summed E-state index contributed by atoms with van der Waals surface area (Å²) in [6.07, 6.45) is 0.640. The van der Waals surface area contributed by atoms with Gasteiger partial charge in [-0.05, 0) is 12.0 Å². The van der Waals surface area contributed by atoms with Gasteiger partial charge in [-0.15, -0.1) is 0 Å². The molecule has 0 bridgehead atoms. The van der Waals surface area contributed by atoms with E-state index in [0.29, 0.717) is 19.0 Å². The van der Waals surface area contributed by atoms with E-state index >= 15 is 0 Å². The highest BCUT2D eigenvalue weighted by molar-refractivity contribution is 5.91. The zero-order valence-corrected chi connectivity index (χ0v) is 14.1. The number of methoxy groups -OCH3 is 1. The van der Waals surface area contributed by atoms with E-state index in [0.717, 1.165) is 5.56 Å². The van der Waals surface area contributed by atoms with E-state index in [4.69, 9.17) is 10.5 Å². The summed E-state index contributed by atoms with van der Waals surface area (Å²) in [5, 5.41) is 2.89. The second-order valence-corrected chi connectivity index (χ2v) is 5.53. The quantitative estimate of drug-likeness (QED) is 0.761. The van der Waals surface area contributed by atoms with E-state index in [1.165, 1.54) is 0 Å². The minimum atomic E-state index is -0.412. The van der Waals surface area contributed by atoms with Crippen LogP contribution in [0.2, 0.25) is 0 Å². The molecule has 0 aliphatic carbocycles. The predicted molar refractivity (Wildman–Crippen MR) is 91.8 cm³/mol. The Morgan fingerprint density at radius 2 is 1.96 bits per heavy atom. The van der Waals surface area contributed by atoms with Gasteiger partial charge in [0.2, 0.25) is 17.7 Å². The van der Waals surface area contributed by atoms with Crippen LogP contribution in [0.25, 0.3) is 0 Å². The number of ether oxygens (including phenoxy) is 1. The van der Waals surface area contributed by atoms with Gasteiger partial charge >= 0.3 is 0 Å². The van der Waals surface area contributed by atoms with Crippen molar-refractivity contribution in [2.24, 2.45) is 0 Å². The lowest BCUT2D eigenvalue weighted by Crippen LogP contribution is -2.40. The number of hydrogen-bond acceptors (Lipinski definition) is 7. The summed E-state index contributed by atoms with van der Waals surface area (Å²) in [5.74, 6) is -0.0882. The topological polar surface area (TPSA) is 106 Å². The molecule has 1 heterocycles. The molecule has 0 saturated heterocycles. The molecule has 24 heavy (non-hydrogen) atoms. The number of amides is 1. The maximum absolute atomic E-state index is 12.5. The average Bonchev–Trinajstić information content (AvgIpc) is 2.55. The van der Waals surface area contributed by atoms with E-state index in [9.17, 15) is 4.79 Å². The molecular weight excluding hydrogens is 308 g/mol. The van der Waals surface area contributed by atoms with Gasteiger partial charge in [0.15, 0.2) is 0 Å². The Labute approximate surface area is 141 Å². The zero-order chi connectivity index (χ0) is 17.5. The Kier molecular flexibility index (Phi) is 6.02. The first-order valence-corrected chi connectivity index (χ1v) is 7.52. The first-order valence-electron chi connectivity index (χ1n) is 7.52. The molecule has 128 valence electrons. The number of nitrogens with zero attached hydrogens (tertiary/aromatic N) is 4. The number of nitrogen functional groups attached to an aromatic ring is 1. The summed E-state index contributed by atoms with van der Waals surface area (Å²) in [5.41, 5.74) is 6.76. The van der Waals surface area contributed by atoms with E-state index in [2.05, 4.69) is 20.3 Å². The lowest BCUT2D eigenvalue weighted by molar-refractivity contribution is 0.0886. The molecule has 8 nitrogen and oxygen atoms in total. The molecule has 8 heteroatoms. The standard InChI is InChI=1S/C16H22N6O2/c1-22(2)16-20-13(19-15(17)21-16)14(23)18-12(10-24-3)9-11-7-5-4-6-8-11/h4-8,12H,9-10H2,1-3H3,(H,18,23)(H2,17,19,20,21). The molecule has 0 aliphatic heterocycles. The average molecular weight is 330 g/mol. The number of nitrogens with one attached hydrogen (secondary N) is 1. The lowest BCUT2D eigenvalue weighted by Gasteiger charge is -2.18. The van der Waals surface area contributed by atoms with E-state index in [1.807, 2.05) is 30.3 Å². The molecule has 2 aromatic rings. The van der Waals surface area contributed by atoms with Gasteiger partial charge in [-0.25, -0.2) is 0 Å². The van der Waals surface area contributed by atoms with Crippen LogP contribution in [0, 0.1) is 0 Å². The number of anilines is 2. The summed E-state index contributed by atoms with van der Waals surface area (Å²) in [6.45, 7) is 0.377. The number of nitrogens with two attached hydrogens (primary N) is 1. The summed E-state index contributed by atoms with van der Waals surface area (Å²) >= 11 is 0. The maximum atomic E-state index is 12.5. The Hall–Kier alpha value is -2.74. The minimum Gasteiger partial charge on any atom is -0.383 e. The molecule has 0 spiro atoms. The molecule has 1 unspecified atom stereocenters. The third-order valence-corrected chi connectivity index (χ3v) is 3.27. The fourth-order valence-corrected chi connectivity index (χ4v) is 2.18. The monoisotopic (exact) mass is 330 g/mol. The summed E-state index contributed by atoms with van der Waals surface area (Å²) in [4.78, 5) is 26.1. The van der Waals surface area contributed by atoms with Crippen molar-refractivity contribution in [2.45, 2.75) is 12.5 Å². The molecule has 0 aliphatic rings. The van der Waals surface area contributed by atoms with Gasteiger partial charge in [0.1, 0.15) is 0 Å². The summed E-state index contributed by atoms with van der Waals surface area (Å²) in [7, 11) is 5.12. The third-order valence-electron chi connectivity index (χ3n) is 3.27.